The molecule has 35 heavy (non-hydrogen) atoms. The van der Waals surface area contributed by atoms with Gasteiger partial charge in [0, 0.05) is 16.8 Å². The second-order valence-electron chi connectivity index (χ2n) is 8.12. The number of hydrogen-bond donors (Lipinski definition) is 2. The third kappa shape index (κ3) is 5.89. The molecule has 0 bridgehead atoms. The highest BCUT2D eigenvalue weighted by Gasteiger charge is 2.13. The predicted molar refractivity (Wildman–Crippen MR) is 147 cm³/mol. The van der Waals surface area contributed by atoms with E-state index < -0.39 is 0 Å². The van der Waals surface area contributed by atoms with E-state index >= 15 is 0 Å². The van der Waals surface area contributed by atoms with Crippen LogP contribution in [0.2, 0.25) is 0 Å². The van der Waals surface area contributed by atoms with Crippen LogP contribution >= 0.6 is 28.1 Å². The summed E-state index contributed by atoms with van der Waals surface area (Å²) in [5.41, 5.74) is 4.80. The summed E-state index contributed by atoms with van der Waals surface area (Å²) in [5, 5.41) is 5.95. The van der Waals surface area contributed by atoms with E-state index in [1.165, 1.54) is 5.56 Å². The van der Waals surface area contributed by atoms with Gasteiger partial charge in [0.25, 0.3) is 5.91 Å². The summed E-state index contributed by atoms with van der Waals surface area (Å²) < 4.78 is 12.2. The molecule has 3 aromatic carbocycles. The first-order valence-corrected chi connectivity index (χ1v) is 12.6. The predicted octanol–water partition coefficient (Wildman–Crippen LogP) is 7.30. The summed E-state index contributed by atoms with van der Waals surface area (Å²) in [6.45, 7) is 6.82. The largest absolute Gasteiger partial charge is 0.493 e. The van der Waals surface area contributed by atoms with Gasteiger partial charge >= 0.3 is 0 Å². The number of rotatable bonds is 7. The lowest BCUT2D eigenvalue weighted by atomic mass is 9.98. The number of halogens is 1. The van der Waals surface area contributed by atoms with Crippen molar-refractivity contribution in [3.8, 4) is 17.2 Å². The van der Waals surface area contributed by atoms with E-state index in [0.717, 1.165) is 23.1 Å². The lowest BCUT2D eigenvalue weighted by Gasteiger charge is -2.11. The van der Waals surface area contributed by atoms with Crippen molar-refractivity contribution in [3.05, 3.63) is 76.3 Å². The zero-order chi connectivity index (χ0) is 24.9. The average molecular weight is 552 g/mol. The van der Waals surface area contributed by atoms with Crippen molar-refractivity contribution in [2.45, 2.75) is 33.1 Å². The summed E-state index contributed by atoms with van der Waals surface area (Å²) in [4.78, 5) is 17.3. The van der Waals surface area contributed by atoms with Gasteiger partial charge in [0.05, 0.1) is 11.1 Å². The lowest BCUT2D eigenvalue weighted by Crippen LogP contribution is -2.34. The zero-order valence-electron chi connectivity index (χ0n) is 19.7. The zero-order valence-corrected chi connectivity index (χ0v) is 22.1. The van der Waals surface area contributed by atoms with Crippen molar-refractivity contribution in [2.75, 3.05) is 11.9 Å². The van der Waals surface area contributed by atoms with E-state index in [4.69, 9.17) is 21.4 Å². The number of oxazole rings is 1. The second kappa shape index (κ2) is 11.0. The second-order valence-corrected chi connectivity index (χ2v) is 9.39. The lowest BCUT2D eigenvalue weighted by molar-refractivity contribution is 0.0977. The third-order valence-electron chi connectivity index (χ3n) is 5.68. The van der Waals surface area contributed by atoms with Crippen molar-refractivity contribution < 1.29 is 13.9 Å². The van der Waals surface area contributed by atoms with Gasteiger partial charge in [-0.2, -0.15) is 0 Å². The molecule has 0 spiro atoms. The minimum absolute atomic E-state index is 0.188. The SMILES string of the molecule is CCOc1ccc(C(=O)NC(=S)Nc2cccc(-c3nc4cc([C@H](C)CC)ccc4o3)c2)cc1Br. The number of fused-ring (bicyclic) bond motifs is 1. The van der Waals surface area contributed by atoms with Crippen LogP contribution in [0.3, 0.4) is 0 Å². The Hall–Kier alpha value is -3.23. The summed E-state index contributed by atoms with van der Waals surface area (Å²) >= 11 is 8.78. The molecule has 0 saturated heterocycles. The fraction of sp³-hybridized carbons (Fsp3) is 0.222. The van der Waals surface area contributed by atoms with Crippen LogP contribution in [-0.4, -0.2) is 22.6 Å². The Balaban J connectivity index is 1.46. The van der Waals surface area contributed by atoms with Crippen LogP contribution in [0.15, 0.2) is 69.6 Å². The molecule has 0 aliphatic heterocycles. The normalized spacial score (nSPS) is 11.8. The highest BCUT2D eigenvalue weighted by Crippen LogP contribution is 2.29. The third-order valence-corrected chi connectivity index (χ3v) is 6.51. The highest BCUT2D eigenvalue weighted by molar-refractivity contribution is 9.10. The Morgan fingerprint density at radius 1 is 1.14 bits per heavy atom. The number of carbonyl (C=O) groups excluding carboxylic acids is 1. The van der Waals surface area contributed by atoms with Crippen molar-refractivity contribution >= 4 is 56.0 Å². The summed E-state index contributed by atoms with van der Waals surface area (Å²) in [6, 6.07) is 18.8. The maximum Gasteiger partial charge on any atom is 0.257 e. The van der Waals surface area contributed by atoms with Crippen LogP contribution in [0.5, 0.6) is 5.75 Å². The molecule has 6 nitrogen and oxygen atoms in total. The molecule has 0 saturated carbocycles. The van der Waals surface area contributed by atoms with Gasteiger partial charge in [0.2, 0.25) is 5.89 Å². The molecule has 1 atom stereocenters. The molecule has 0 radical (unpaired) electrons. The van der Waals surface area contributed by atoms with Gasteiger partial charge in [-0.05, 0) is 102 Å². The number of anilines is 1. The first kappa shape index (κ1) is 24.9. The number of benzene rings is 3. The Morgan fingerprint density at radius 3 is 2.71 bits per heavy atom. The molecule has 8 heteroatoms. The maximum absolute atomic E-state index is 12.6. The van der Waals surface area contributed by atoms with Gasteiger partial charge < -0.3 is 14.5 Å². The Labute approximate surface area is 218 Å². The average Bonchev–Trinajstić information content (AvgIpc) is 3.28. The standard InChI is InChI=1S/C27H26BrN3O3S/c1-4-16(3)17-9-12-24-22(15-17)30-26(34-24)19-7-6-8-20(13-19)29-27(35)31-25(32)18-10-11-23(33-5-2)21(28)14-18/h6-16H,4-5H2,1-3H3,(H2,29,31,32,35)/t16-/m1/s1. The van der Waals surface area contributed by atoms with Crippen LogP contribution in [0.1, 0.15) is 49.0 Å². The highest BCUT2D eigenvalue weighted by atomic mass is 79.9. The maximum atomic E-state index is 12.6. The molecule has 4 aromatic rings. The molecule has 0 unspecified atom stereocenters. The minimum Gasteiger partial charge on any atom is -0.493 e. The Morgan fingerprint density at radius 2 is 1.97 bits per heavy atom. The number of ether oxygens (including phenoxy) is 1. The number of nitrogens with zero attached hydrogens (tertiary/aromatic N) is 1. The van der Waals surface area contributed by atoms with Crippen molar-refractivity contribution in [3.63, 3.8) is 0 Å². The van der Waals surface area contributed by atoms with Crippen LogP contribution in [0.4, 0.5) is 5.69 Å². The molecule has 0 fully saturated rings. The van der Waals surface area contributed by atoms with Gasteiger partial charge in [-0.3, -0.25) is 10.1 Å². The molecule has 1 aromatic heterocycles. The van der Waals surface area contributed by atoms with Gasteiger partial charge in [-0.15, -0.1) is 0 Å². The van der Waals surface area contributed by atoms with Crippen molar-refractivity contribution in [1.29, 1.82) is 0 Å². The molecule has 0 aliphatic carbocycles. The Bertz CT molecular complexity index is 1390. The fourth-order valence-corrected chi connectivity index (χ4v) is 4.30. The number of hydrogen-bond acceptors (Lipinski definition) is 5. The molecule has 2 N–H and O–H groups in total. The van der Waals surface area contributed by atoms with E-state index in [0.29, 0.717) is 39.9 Å². The summed E-state index contributed by atoms with van der Waals surface area (Å²) in [7, 11) is 0. The van der Waals surface area contributed by atoms with Crippen LogP contribution in [0.25, 0.3) is 22.6 Å². The van der Waals surface area contributed by atoms with Crippen molar-refractivity contribution in [2.24, 2.45) is 0 Å². The number of carbonyl (C=O) groups is 1. The summed E-state index contributed by atoms with van der Waals surface area (Å²) in [5.74, 6) is 1.35. The Kier molecular flexibility index (Phi) is 7.83. The van der Waals surface area contributed by atoms with Gasteiger partial charge in [-0.25, -0.2) is 4.98 Å². The number of aromatic nitrogens is 1. The van der Waals surface area contributed by atoms with Crippen LogP contribution < -0.4 is 15.4 Å². The first-order valence-electron chi connectivity index (χ1n) is 11.4. The van der Waals surface area contributed by atoms with Crippen LogP contribution in [0, 0.1) is 0 Å². The van der Waals surface area contributed by atoms with E-state index in [9.17, 15) is 4.79 Å². The number of amides is 1. The minimum atomic E-state index is -0.321. The molecule has 1 heterocycles. The van der Waals surface area contributed by atoms with E-state index in [1.54, 1.807) is 18.2 Å². The van der Waals surface area contributed by atoms with Crippen LogP contribution in [-0.2, 0) is 0 Å². The summed E-state index contributed by atoms with van der Waals surface area (Å²) in [6.07, 6.45) is 1.07. The van der Waals surface area contributed by atoms with Crippen molar-refractivity contribution in [1.82, 2.24) is 10.3 Å². The molecular weight excluding hydrogens is 526 g/mol. The monoisotopic (exact) mass is 551 g/mol. The van der Waals surface area contributed by atoms with Gasteiger partial charge in [0.15, 0.2) is 10.7 Å². The topological polar surface area (TPSA) is 76.4 Å². The number of thiocarbonyl (C=S) groups is 1. The van der Waals surface area contributed by atoms with E-state index in [2.05, 4.69) is 57.5 Å². The van der Waals surface area contributed by atoms with Gasteiger partial charge in [0.1, 0.15) is 11.3 Å². The smallest absolute Gasteiger partial charge is 0.257 e. The molecular formula is C27H26BrN3O3S. The molecule has 1 amide bonds. The quantitative estimate of drug-likeness (QED) is 0.235. The number of nitrogens with one attached hydrogen (secondary N) is 2. The molecule has 4 rings (SSSR count). The van der Waals surface area contributed by atoms with E-state index in [-0.39, 0.29) is 11.0 Å². The molecule has 180 valence electrons. The fourth-order valence-electron chi connectivity index (χ4n) is 3.59. The van der Waals surface area contributed by atoms with E-state index in [1.807, 2.05) is 37.3 Å². The molecule has 0 aliphatic rings. The first-order chi connectivity index (χ1) is 16.9. The van der Waals surface area contributed by atoms with Gasteiger partial charge in [-0.1, -0.05) is 26.0 Å².